The molecule has 6 rings (SSSR count). The zero-order chi connectivity index (χ0) is 36.1. The summed E-state index contributed by atoms with van der Waals surface area (Å²) >= 11 is 19.6. The summed E-state index contributed by atoms with van der Waals surface area (Å²) in [4.78, 5) is 42.0. The van der Waals surface area contributed by atoms with Crippen molar-refractivity contribution in [2.75, 3.05) is 21.3 Å². The first kappa shape index (κ1) is 49.2. The number of rotatable bonds is 3. The number of halogens is 4. The van der Waals surface area contributed by atoms with Crippen molar-refractivity contribution in [1.29, 1.82) is 0 Å². The SMILES string of the molecule is COC(=O)c1ccc2c(ccc[n+]2[O-])c1.COC(=O)c1ccc2nc(Cl)ccc2c1.COC(=O)c1ccc2ncccc2c1.O=P(Cl)(Cl)Cl.[V].[V].[V]. The Hall–Kier alpha value is -2.76. The third kappa shape index (κ3) is 15.7. The van der Waals surface area contributed by atoms with E-state index in [0.717, 1.165) is 31.9 Å². The van der Waals surface area contributed by atoms with Crippen LogP contribution in [0.25, 0.3) is 32.7 Å². The Labute approximate surface area is 353 Å². The van der Waals surface area contributed by atoms with Crippen molar-refractivity contribution in [3.8, 4) is 0 Å². The molecule has 52 heavy (non-hydrogen) atoms. The van der Waals surface area contributed by atoms with Gasteiger partial charge in [0.15, 0.2) is 6.20 Å². The number of carbonyl (C=O) groups excluding carboxylic acids is 3. The number of esters is 3. The van der Waals surface area contributed by atoms with Crippen molar-refractivity contribution in [1.82, 2.24) is 9.97 Å². The van der Waals surface area contributed by atoms with Crippen LogP contribution in [0.4, 0.5) is 0 Å². The minimum absolute atomic E-state index is 0. The molecule has 0 aliphatic rings. The summed E-state index contributed by atoms with van der Waals surface area (Å²) in [5, 5.41) is 11.1. The van der Waals surface area contributed by atoms with Crippen molar-refractivity contribution < 1.29 is 93.6 Å². The van der Waals surface area contributed by atoms with Gasteiger partial charge in [0.25, 0.3) is 0 Å². The molecule has 0 spiro atoms. The molecule has 0 aliphatic carbocycles. The van der Waals surface area contributed by atoms with Crippen LogP contribution in [0.3, 0.4) is 0 Å². The van der Waals surface area contributed by atoms with Crippen molar-refractivity contribution >= 4 is 101 Å². The second-order valence-electron chi connectivity index (χ2n) is 9.43. The second kappa shape index (κ2) is 23.8. The van der Waals surface area contributed by atoms with Crippen LogP contribution < -0.4 is 4.73 Å². The maximum absolute atomic E-state index is 11.3. The van der Waals surface area contributed by atoms with E-state index in [9.17, 15) is 24.2 Å². The van der Waals surface area contributed by atoms with Gasteiger partial charge in [-0.3, -0.25) is 9.55 Å². The molecule has 0 fully saturated rings. The van der Waals surface area contributed by atoms with E-state index in [2.05, 4.69) is 57.9 Å². The van der Waals surface area contributed by atoms with Crippen molar-refractivity contribution in [2.45, 2.75) is 0 Å². The molecule has 11 nitrogen and oxygen atoms in total. The first-order valence-corrected chi connectivity index (χ1v) is 18.5. The van der Waals surface area contributed by atoms with E-state index in [-0.39, 0.29) is 67.6 Å². The van der Waals surface area contributed by atoms with E-state index < -0.39 is 11.2 Å². The predicted octanol–water partition coefficient (Wildman–Crippen LogP) is 8.76. The summed E-state index contributed by atoms with van der Waals surface area (Å²) in [6, 6.07) is 25.9. The van der Waals surface area contributed by atoms with E-state index >= 15 is 0 Å². The van der Waals surface area contributed by atoms with Crippen molar-refractivity contribution in [2.24, 2.45) is 0 Å². The van der Waals surface area contributed by atoms with Crippen LogP contribution in [0.1, 0.15) is 31.1 Å². The molecule has 0 unspecified atom stereocenters. The number of nitrogens with zero attached hydrogens (tertiary/aromatic N) is 3. The third-order valence-electron chi connectivity index (χ3n) is 6.28. The van der Waals surface area contributed by atoms with E-state index in [1.807, 2.05) is 24.3 Å². The molecule has 0 N–H and O–H groups in total. The zero-order valence-corrected chi connectivity index (χ0v) is 35.3. The van der Waals surface area contributed by atoms with Crippen molar-refractivity contribution in [3.63, 3.8) is 0 Å². The fourth-order valence-corrected chi connectivity index (χ4v) is 4.26. The average molecular weight is 918 g/mol. The van der Waals surface area contributed by atoms with Crippen molar-refractivity contribution in [3.05, 3.63) is 130 Å². The quantitative estimate of drug-likeness (QED) is 0.0421. The molecule has 0 saturated heterocycles. The topological polar surface area (TPSA) is 149 Å². The Morgan fingerprint density at radius 2 is 1.10 bits per heavy atom. The van der Waals surface area contributed by atoms with Gasteiger partial charge in [0.05, 0.1) is 49.1 Å². The number of fused-ring (bicyclic) bond motifs is 3. The summed E-state index contributed by atoms with van der Waals surface area (Å²) in [6.45, 7) is 0. The molecule has 0 atom stereocenters. The van der Waals surface area contributed by atoms with E-state index in [1.165, 1.54) is 27.5 Å². The largest absolute Gasteiger partial charge is 0.618 e. The first-order valence-electron chi connectivity index (χ1n) is 13.7. The molecular weight excluding hydrogens is 892 g/mol. The van der Waals surface area contributed by atoms with Gasteiger partial charge >= 0.3 is 23.1 Å². The number of ether oxygens (including phenoxy) is 3. The molecule has 0 saturated carbocycles. The summed E-state index contributed by atoms with van der Waals surface area (Å²) in [7, 11) is 4.05. The predicted molar refractivity (Wildman–Crippen MR) is 191 cm³/mol. The number of methoxy groups -OCH3 is 3. The summed E-state index contributed by atoms with van der Waals surface area (Å²) < 4.78 is 24.1. The van der Waals surface area contributed by atoms with Gasteiger partial charge in [0.1, 0.15) is 5.15 Å². The van der Waals surface area contributed by atoms with Gasteiger partial charge in [0.2, 0.25) is 5.52 Å². The molecule has 3 radical (unpaired) electrons. The van der Waals surface area contributed by atoms with Gasteiger partial charge in [-0.1, -0.05) is 17.7 Å². The zero-order valence-electron chi connectivity index (χ0n) is 27.2. The maximum atomic E-state index is 11.3. The minimum Gasteiger partial charge on any atom is -0.618 e. The maximum Gasteiger partial charge on any atom is 0.339 e. The van der Waals surface area contributed by atoms with Gasteiger partial charge in [-0.25, -0.2) is 19.4 Å². The third-order valence-corrected chi connectivity index (χ3v) is 6.49. The molecule has 0 amide bonds. The monoisotopic (exact) mass is 916 g/mol. The van der Waals surface area contributed by atoms with E-state index in [0.29, 0.717) is 27.4 Å². The molecule has 0 aliphatic heterocycles. The normalized spacial score (nSPS) is 9.75. The Morgan fingerprint density at radius 3 is 1.62 bits per heavy atom. The number of pyridine rings is 3. The van der Waals surface area contributed by atoms with Crippen LogP contribution in [0.15, 0.2) is 103 Å². The van der Waals surface area contributed by atoms with Crippen LogP contribution in [0.5, 0.6) is 0 Å². The fourth-order valence-electron chi connectivity index (χ4n) is 4.10. The summed E-state index contributed by atoms with van der Waals surface area (Å²) in [5.74, 6) is -1.08. The van der Waals surface area contributed by atoms with Gasteiger partial charge in [-0.15, -0.1) is 0 Å². The molecule has 269 valence electrons. The number of aromatic nitrogens is 3. The average Bonchev–Trinajstić information content (AvgIpc) is 3.10. The molecule has 0 bridgehead atoms. The Morgan fingerprint density at radius 1 is 0.654 bits per heavy atom. The van der Waals surface area contributed by atoms with Gasteiger partial charge in [-0.2, -0.15) is 4.73 Å². The Bertz CT molecular complexity index is 2170. The van der Waals surface area contributed by atoms with Crippen LogP contribution in [0, 0.1) is 5.21 Å². The van der Waals surface area contributed by atoms with E-state index in [4.69, 9.17) is 11.6 Å². The molecule has 3 aromatic carbocycles. The standard InChI is InChI=1S/C11H8ClNO2.C11H9NO3.C11H9NO2.Cl3OP.3V/c1-15-11(14)8-2-4-9-7(6-8)3-5-10(12)13-9;1-15-11(13)9-4-5-10-8(7-9)3-2-6-12(10)14;1-14-11(13)9-4-5-10-8(7-9)3-2-6-12-10;1-5(2,3)4;;;/h2-6H,1H3;2-7H,1H3;2-7H,1H3;;;;. The minimum atomic E-state index is -3.22. The van der Waals surface area contributed by atoms with Gasteiger partial charge < -0.3 is 19.4 Å². The van der Waals surface area contributed by atoms with Gasteiger partial charge in [-0.05, 0) is 107 Å². The summed E-state index contributed by atoms with van der Waals surface area (Å²) in [5.41, 5.74) is 3.67. The molecular formula is C33H26Cl4N3O8PV3. The Kier molecular flexibility index (Phi) is 22.6. The smallest absolute Gasteiger partial charge is 0.339 e. The molecule has 19 heteroatoms. The molecule has 3 aromatic heterocycles. The number of benzene rings is 3. The number of hydrogen-bond acceptors (Lipinski definition) is 10. The fraction of sp³-hybridized carbons (Fsp3) is 0.0909. The van der Waals surface area contributed by atoms with Crippen LogP contribution in [-0.4, -0.2) is 49.2 Å². The van der Waals surface area contributed by atoms with E-state index in [1.54, 1.807) is 72.9 Å². The molecule has 6 aromatic rings. The summed E-state index contributed by atoms with van der Waals surface area (Å²) in [6.07, 6.45) is 3.14. The molecule has 3 heterocycles. The van der Waals surface area contributed by atoms with Crippen LogP contribution in [-0.2, 0) is 74.4 Å². The first-order chi connectivity index (χ1) is 23.2. The number of hydrogen-bond donors (Lipinski definition) is 0. The van der Waals surface area contributed by atoms with Crippen LogP contribution in [0.2, 0.25) is 5.15 Å². The Balaban J connectivity index is 0.000000686. The van der Waals surface area contributed by atoms with Gasteiger partial charge in [0, 0.05) is 90.2 Å². The van der Waals surface area contributed by atoms with Crippen LogP contribution >= 0.6 is 50.5 Å². The second-order valence-corrected chi connectivity index (χ2v) is 16.5. The number of carbonyl (C=O) groups is 3.